The molecule has 2 aromatic carbocycles. The first-order chi connectivity index (χ1) is 15.6. The summed E-state index contributed by atoms with van der Waals surface area (Å²) in [5, 5.41) is 11.4. The van der Waals surface area contributed by atoms with Crippen LogP contribution in [0.2, 0.25) is 10.0 Å². The van der Waals surface area contributed by atoms with Crippen LogP contribution in [0.1, 0.15) is 27.3 Å². The molecule has 1 N–H and O–H groups in total. The van der Waals surface area contributed by atoms with Crippen molar-refractivity contribution in [1.82, 2.24) is 14.9 Å². The number of carbonyl (C=O) groups is 1. The van der Waals surface area contributed by atoms with Gasteiger partial charge in [-0.15, -0.1) is 0 Å². The van der Waals surface area contributed by atoms with E-state index in [-0.39, 0.29) is 23.8 Å². The van der Waals surface area contributed by atoms with Gasteiger partial charge < -0.3 is 9.84 Å². The van der Waals surface area contributed by atoms with Gasteiger partial charge in [-0.3, -0.25) is 9.48 Å². The highest BCUT2D eigenvalue weighted by molar-refractivity contribution is 6.36. The van der Waals surface area contributed by atoms with Gasteiger partial charge in [-0.05, 0) is 42.8 Å². The molecule has 4 rings (SSSR count). The minimum absolute atomic E-state index is 0.00102. The largest absolute Gasteiger partial charge is 0.416 e. The Balaban J connectivity index is 1.48. The molecule has 0 aliphatic rings. The van der Waals surface area contributed by atoms with Crippen LogP contribution in [0.3, 0.4) is 0 Å². The van der Waals surface area contributed by atoms with Crippen molar-refractivity contribution in [1.29, 1.82) is 0 Å². The number of carbonyl (C=O) groups excluding carboxylic acids is 1. The second-order valence-electron chi connectivity index (χ2n) is 7.18. The molecule has 0 spiro atoms. The highest BCUT2D eigenvalue weighted by Crippen LogP contribution is 2.31. The molecule has 0 saturated heterocycles. The Morgan fingerprint density at radius 2 is 1.91 bits per heavy atom. The number of amides is 1. The van der Waals surface area contributed by atoms with E-state index in [4.69, 9.17) is 27.7 Å². The number of nitrogens with zero attached hydrogens (tertiary/aromatic N) is 3. The molecule has 6 nitrogen and oxygen atoms in total. The molecular formula is C22H15Cl2F3N4O2. The van der Waals surface area contributed by atoms with Crippen LogP contribution in [0.4, 0.5) is 19.0 Å². The van der Waals surface area contributed by atoms with Gasteiger partial charge in [0.15, 0.2) is 17.3 Å². The van der Waals surface area contributed by atoms with Crippen LogP contribution in [0.25, 0.3) is 11.3 Å². The Bertz CT molecular complexity index is 1330. The van der Waals surface area contributed by atoms with E-state index >= 15 is 0 Å². The van der Waals surface area contributed by atoms with E-state index in [2.05, 4.69) is 15.6 Å². The third kappa shape index (κ3) is 5.20. The molecule has 0 fully saturated rings. The van der Waals surface area contributed by atoms with E-state index in [1.54, 1.807) is 37.3 Å². The topological polar surface area (TPSA) is 73.0 Å². The van der Waals surface area contributed by atoms with Crippen molar-refractivity contribution in [2.75, 3.05) is 5.32 Å². The molecule has 4 aromatic rings. The van der Waals surface area contributed by atoms with Crippen LogP contribution in [0, 0.1) is 6.92 Å². The van der Waals surface area contributed by atoms with Gasteiger partial charge in [0.25, 0.3) is 5.91 Å². The number of nitrogens with one attached hydrogen (secondary N) is 1. The molecule has 0 aliphatic heterocycles. The summed E-state index contributed by atoms with van der Waals surface area (Å²) in [6.07, 6.45) is -4.43. The number of halogens is 5. The zero-order chi connectivity index (χ0) is 23.8. The van der Waals surface area contributed by atoms with Crippen molar-refractivity contribution < 1.29 is 22.5 Å². The predicted octanol–water partition coefficient (Wildman–Crippen LogP) is 6.47. The van der Waals surface area contributed by atoms with E-state index in [0.29, 0.717) is 26.9 Å². The van der Waals surface area contributed by atoms with Crippen LogP contribution < -0.4 is 5.32 Å². The fraction of sp³-hybridized carbons (Fsp3) is 0.136. The molecule has 0 atom stereocenters. The smallest absolute Gasteiger partial charge is 0.355 e. The molecule has 0 aliphatic carbocycles. The van der Waals surface area contributed by atoms with Gasteiger partial charge in [0.2, 0.25) is 0 Å². The molecule has 2 heterocycles. The molecule has 0 radical (unpaired) electrons. The average molecular weight is 495 g/mol. The van der Waals surface area contributed by atoms with Gasteiger partial charge in [-0.1, -0.05) is 40.5 Å². The maximum Gasteiger partial charge on any atom is 0.416 e. The van der Waals surface area contributed by atoms with Crippen LogP contribution in [-0.4, -0.2) is 20.8 Å². The second kappa shape index (κ2) is 8.92. The molecule has 170 valence electrons. The summed E-state index contributed by atoms with van der Waals surface area (Å²) < 4.78 is 45.6. The van der Waals surface area contributed by atoms with E-state index in [9.17, 15) is 18.0 Å². The molecular weight excluding hydrogens is 480 g/mol. The van der Waals surface area contributed by atoms with Gasteiger partial charge in [0, 0.05) is 28.4 Å². The quantitative estimate of drug-likeness (QED) is 0.344. The number of anilines is 1. The lowest BCUT2D eigenvalue weighted by Gasteiger charge is -2.09. The van der Waals surface area contributed by atoms with Gasteiger partial charge >= 0.3 is 6.18 Å². The number of hydrogen-bond acceptors (Lipinski definition) is 4. The lowest BCUT2D eigenvalue weighted by atomic mass is 10.1. The van der Waals surface area contributed by atoms with Crippen molar-refractivity contribution >= 4 is 34.9 Å². The predicted molar refractivity (Wildman–Crippen MR) is 117 cm³/mol. The van der Waals surface area contributed by atoms with E-state index < -0.39 is 17.6 Å². The maximum absolute atomic E-state index is 12.9. The lowest BCUT2D eigenvalue weighted by molar-refractivity contribution is -0.137. The molecule has 1 amide bonds. The normalized spacial score (nSPS) is 11.6. The Morgan fingerprint density at radius 3 is 2.64 bits per heavy atom. The number of alkyl halides is 3. The number of benzene rings is 2. The van der Waals surface area contributed by atoms with Crippen molar-refractivity contribution in [2.24, 2.45) is 0 Å². The summed E-state index contributed by atoms with van der Waals surface area (Å²) in [7, 11) is 0. The molecule has 0 bridgehead atoms. The third-order valence-electron chi connectivity index (χ3n) is 4.75. The first-order valence-electron chi connectivity index (χ1n) is 9.54. The lowest BCUT2D eigenvalue weighted by Crippen LogP contribution is -2.13. The van der Waals surface area contributed by atoms with Crippen LogP contribution in [0.5, 0.6) is 0 Å². The molecule has 2 aromatic heterocycles. The Kier molecular flexibility index (Phi) is 6.18. The van der Waals surface area contributed by atoms with E-state index in [1.165, 1.54) is 16.8 Å². The van der Waals surface area contributed by atoms with Crippen molar-refractivity contribution in [3.8, 4) is 11.3 Å². The Labute approximate surface area is 195 Å². The zero-order valence-corrected chi connectivity index (χ0v) is 18.5. The molecule has 0 unspecified atom stereocenters. The van der Waals surface area contributed by atoms with Gasteiger partial charge in [0.05, 0.1) is 17.1 Å². The first-order valence-corrected chi connectivity index (χ1v) is 10.3. The number of rotatable bonds is 5. The van der Waals surface area contributed by atoms with E-state index in [1.807, 2.05) is 0 Å². The highest BCUT2D eigenvalue weighted by Gasteiger charge is 2.30. The van der Waals surface area contributed by atoms with Crippen LogP contribution in [-0.2, 0) is 12.7 Å². The van der Waals surface area contributed by atoms with Gasteiger partial charge in [-0.25, -0.2) is 0 Å². The zero-order valence-electron chi connectivity index (χ0n) is 17.0. The van der Waals surface area contributed by atoms with Crippen molar-refractivity contribution in [3.63, 3.8) is 0 Å². The second-order valence-corrected chi connectivity index (χ2v) is 8.03. The fourth-order valence-corrected chi connectivity index (χ4v) is 3.63. The Hall–Kier alpha value is -3.30. The van der Waals surface area contributed by atoms with E-state index in [0.717, 1.165) is 12.1 Å². The minimum Gasteiger partial charge on any atom is -0.355 e. The fourth-order valence-electron chi connectivity index (χ4n) is 3.13. The van der Waals surface area contributed by atoms with Gasteiger partial charge in [0.1, 0.15) is 0 Å². The van der Waals surface area contributed by atoms with Crippen LogP contribution >= 0.6 is 23.2 Å². The SMILES string of the molecule is Cc1cc(NC(=O)c2cc(-c3ccc(Cl)cc3Cl)on2)nn1Cc1cccc(C(F)(F)F)c1. The molecule has 33 heavy (non-hydrogen) atoms. The van der Waals surface area contributed by atoms with Crippen molar-refractivity contribution in [3.05, 3.63) is 87.2 Å². The summed E-state index contributed by atoms with van der Waals surface area (Å²) in [5.74, 6) is -0.0644. The van der Waals surface area contributed by atoms with Crippen LogP contribution in [0.15, 0.2) is 59.1 Å². The molecule has 11 heteroatoms. The number of aromatic nitrogens is 3. The highest BCUT2D eigenvalue weighted by atomic mass is 35.5. The average Bonchev–Trinajstić information content (AvgIpc) is 3.35. The first kappa shape index (κ1) is 22.9. The third-order valence-corrected chi connectivity index (χ3v) is 5.30. The standard InChI is InChI=1S/C22H15Cl2F3N4O2/c1-12-7-20(29-31(12)11-13-3-2-4-14(8-13)22(25,26)27)28-21(32)18-10-19(33-30-18)16-6-5-15(23)9-17(16)24/h2-10H,11H2,1H3,(H,28,29,32). The Morgan fingerprint density at radius 1 is 1.12 bits per heavy atom. The summed E-state index contributed by atoms with van der Waals surface area (Å²) in [5.41, 5.74) is 0.863. The monoisotopic (exact) mass is 494 g/mol. The minimum atomic E-state index is -4.43. The van der Waals surface area contributed by atoms with Gasteiger partial charge in [-0.2, -0.15) is 18.3 Å². The summed E-state index contributed by atoms with van der Waals surface area (Å²) in [4.78, 5) is 12.6. The molecule has 0 saturated carbocycles. The summed E-state index contributed by atoms with van der Waals surface area (Å²) in [6.45, 7) is 1.84. The van der Waals surface area contributed by atoms with Crippen molar-refractivity contribution in [2.45, 2.75) is 19.6 Å². The summed E-state index contributed by atoms with van der Waals surface area (Å²) in [6, 6.07) is 12.8. The maximum atomic E-state index is 12.9. The number of hydrogen-bond donors (Lipinski definition) is 1. The number of aryl methyl sites for hydroxylation is 1. The summed E-state index contributed by atoms with van der Waals surface area (Å²) >= 11 is 12.0.